The fourth-order valence-electron chi connectivity index (χ4n) is 4.23. The highest BCUT2D eigenvalue weighted by Crippen LogP contribution is 2.46. The Balaban J connectivity index is 0.00000124. The molecule has 1 aromatic carbocycles. The fourth-order valence-corrected chi connectivity index (χ4v) is 5.50. The maximum atomic E-state index is 11.8. The molecule has 3 aromatic rings. The summed E-state index contributed by atoms with van der Waals surface area (Å²) in [4.78, 5) is 23.8. The minimum Gasteiger partial charge on any atom is -0.390 e. The lowest BCUT2D eigenvalue weighted by atomic mass is 9.66. The van der Waals surface area contributed by atoms with Gasteiger partial charge in [0.05, 0.1) is 10.6 Å². The molecule has 1 atom stereocenters. The molecule has 30 heavy (non-hydrogen) atoms. The zero-order valence-electron chi connectivity index (χ0n) is 16.9. The van der Waals surface area contributed by atoms with E-state index in [1.165, 1.54) is 23.9 Å². The Morgan fingerprint density at radius 1 is 1.30 bits per heavy atom. The molecule has 2 heterocycles. The summed E-state index contributed by atoms with van der Waals surface area (Å²) in [5, 5.41) is 4.26. The fraction of sp³-hybridized carbons (Fsp3) is 0.318. The third-order valence-corrected chi connectivity index (χ3v) is 6.71. The van der Waals surface area contributed by atoms with Crippen LogP contribution in [0.5, 0.6) is 0 Å². The molecular formula is C22H26N4O3S. The smallest absolute Gasteiger partial charge is 0.251 e. The van der Waals surface area contributed by atoms with E-state index in [9.17, 15) is 9.59 Å². The predicted octanol–water partition coefficient (Wildman–Crippen LogP) is 2.86. The molecular weight excluding hydrogens is 400 g/mol. The van der Waals surface area contributed by atoms with E-state index in [-0.39, 0.29) is 5.41 Å². The number of aldehydes is 1. The van der Waals surface area contributed by atoms with Crippen LogP contribution in [0, 0.1) is 0 Å². The van der Waals surface area contributed by atoms with Crippen molar-refractivity contribution in [2.24, 2.45) is 11.5 Å². The zero-order chi connectivity index (χ0) is 21.7. The Bertz CT molecular complexity index is 1030. The number of anilines is 1. The molecule has 7 nitrogen and oxygen atoms in total. The summed E-state index contributed by atoms with van der Waals surface area (Å²) in [5.74, 6) is 0.247. The summed E-state index contributed by atoms with van der Waals surface area (Å²) < 4.78 is 5.29. The lowest BCUT2D eigenvalue weighted by Gasteiger charge is -2.38. The Kier molecular flexibility index (Phi) is 6.69. The van der Waals surface area contributed by atoms with Crippen LogP contribution in [0.1, 0.15) is 55.5 Å². The van der Waals surface area contributed by atoms with Crippen LogP contribution in [-0.2, 0) is 24.7 Å². The van der Waals surface area contributed by atoms with E-state index in [1.807, 2.05) is 18.2 Å². The van der Waals surface area contributed by atoms with Crippen molar-refractivity contribution in [2.75, 3.05) is 12.8 Å². The number of carbonyl (C=O) groups excluding carboxylic acids is 2. The number of nitrogens with two attached hydrogens (primary N) is 3. The molecule has 0 radical (unpaired) electrons. The van der Waals surface area contributed by atoms with E-state index in [0.717, 1.165) is 36.1 Å². The number of amides is 1. The van der Waals surface area contributed by atoms with Gasteiger partial charge in [-0.2, -0.15) is 0 Å². The number of thiophene rings is 1. The van der Waals surface area contributed by atoms with Gasteiger partial charge in [-0.25, -0.2) is 0 Å². The summed E-state index contributed by atoms with van der Waals surface area (Å²) in [6, 6.07) is 12.1. The minimum absolute atomic E-state index is 0.103. The summed E-state index contributed by atoms with van der Waals surface area (Å²) in [7, 11) is 1.50. The number of aromatic nitrogens is 1. The van der Waals surface area contributed by atoms with E-state index < -0.39 is 5.91 Å². The molecule has 6 N–H and O–H groups in total. The molecule has 0 saturated heterocycles. The summed E-state index contributed by atoms with van der Waals surface area (Å²) in [6.07, 6.45) is 4.64. The molecule has 0 spiro atoms. The van der Waals surface area contributed by atoms with Crippen molar-refractivity contribution < 1.29 is 14.1 Å². The van der Waals surface area contributed by atoms with E-state index in [4.69, 9.17) is 16.0 Å². The lowest BCUT2D eigenvalue weighted by Crippen LogP contribution is -2.34. The molecule has 1 aliphatic carbocycles. The number of hydrogen-bond donors (Lipinski definition) is 3. The molecule has 1 unspecified atom stereocenters. The second-order valence-electron chi connectivity index (χ2n) is 7.27. The monoisotopic (exact) mass is 426 g/mol. The van der Waals surface area contributed by atoms with Crippen LogP contribution in [0.25, 0.3) is 0 Å². The minimum atomic E-state index is -0.453. The zero-order valence-corrected chi connectivity index (χ0v) is 17.7. The van der Waals surface area contributed by atoms with Gasteiger partial charge in [-0.05, 0) is 43.9 Å². The molecule has 2 aromatic heterocycles. The van der Waals surface area contributed by atoms with Crippen LogP contribution in [-0.4, -0.2) is 24.4 Å². The number of nitrogens with zero attached hydrogens (tertiary/aromatic N) is 1. The molecule has 1 amide bonds. The number of carbonyl (C=O) groups is 2. The summed E-state index contributed by atoms with van der Waals surface area (Å²) in [6.45, 7) is 0. The van der Waals surface area contributed by atoms with Crippen molar-refractivity contribution in [3.05, 3.63) is 69.4 Å². The van der Waals surface area contributed by atoms with Gasteiger partial charge in [0.25, 0.3) is 5.91 Å². The molecule has 0 saturated carbocycles. The molecule has 0 bridgehead atoms. The van der Waals surface area contributed by atoms with Gasteiger partial charge in [-0.3, -0.25) is 9.59 Å². The van der Waals surface area contributed by atoms with E-state index in [1.54, 1.807) is 6.07 Å². The molecule has 4 rings (SSSR count). The van der Waals surface area contributed by atoms with Crippen molar-refractivity contribution in [1.29, 1.82) is 0 Å². The van der Waals surface area contributed by atoms with Gasteiger partial charge >= 0.3 is 0 Å². The Labute approximate surface area is 179 Å². The Hall–Kier alpha value is -2.97. The van der Waals surface area contributed by atoms with E-state index in [2.05, 4.69) is 23.0 Å². The Morgan fingerprint density at radius 3 is 2.67 bits per heavy atom. The molecule has 0 aliphatic heterocycles. The highest BCUT2D eigenvalue weighted by molar-refractivity contribution is 7.16. The predicted molar refractivity (Wildman–Crippen MR) is 118 cm³/mol. The van der Waals surface area contributed by atoms with Crippen LogP contribution >= 0.6 is 11.3 Å². The number of hydrogen-bond acceptors (Lipinski definition) is 7. The summed E-state index contributed by atoms with van der Waals surface area (Å²) in [5.41, 5.74) is 19.1. The van der Waals surface area contributed by atoms with Gasteiger partial charge in [-0.1, -0.05) is 35.5 Å². The van der Waals surface area contributed by atoms with Gasteiger partial charge in [0.15, 0.2) is 6.29 Å². The highest BCUT2D eigenvalue weighted by atomic mass is 32.1. The highest BCUT2D eigenvalue weighted by Gasteiger charge is 2.39. The topological polar surface area (TPSA) is 138 Å². The average molecular weight is 427 g/mol. The number of nitrogen functional groups attached to an aromatic ring is 1. The number of primary amides is 1. The van der Waals surface area contributed by atoms with Crippen molar-refractivity contribution in [3.63, 3.8) is 0 Å². The first-order valence-electron chi connectivity index (χ1n) is 9.76. The van der Waals surface area contributed by atoms with Crippen molar-refractivity contribution in [3.8, 4) is 0 Å². The number of aryl methyl sites for hydroxylation is 1. The van der Waals surface area contributed by atoms with Crippen LogP contribution in [0.3, 0.4) is 0 Å². The first-order valence-corrected chi connectivity index (χ1v) is 10.6. The summed E-state index contributed by atoms with van der Waals surface area (Å²) >= 11 is 1.47. The van der Waals surface area contributed by atoms with Gasteiger partial charge in [0, 0.05) is 22.8 Å². The molecule has 8 heteroatoms. The first kappa shape index (κ1) is 21.7. The van der Waals surface area contributed by atoms with Gasteiger partial charge in [0.2, 0.25) is 0 Å². The van der Waals surface area contributed by atoms with Crippen molar-refractivity contribution in [2.45, 2.75) is 37.5 Å². The maximum Gasteiger partial charge on any atom is 0.251 e. The normalized spacial score (nSPS) is 17.5. The maximum absolute atomic E-state index is 11.8. The van der Waals surface area contributed by atoms with Crippen LogP contribution in [0.2, 0.25) is 0 Å². The van der Waals surface area contributed by atoms with Gasteiger partial charge in [-0.15, -0.1) is 11.3 Å². The SMILES string of the molecule is CN.NC(=O)c1c(N)sc2c1CCC(CCc1cc(C=O)no1)(c1ccccc1)C2. The van der Waals surface area contributed by atoms with E-state index in [0.29, 0.717) is 34.7 Å². The number of benzene rings is 1. The average Bonchev–Trinajstić information content (AvgIpc) is 3.37. The van der Waals surface area contributed by atoms with Crippen molar-refractivity contribution >= 4 is 28.5 Å². The molecule has 0 fully saturated rings. The molecule has 158 valence electrons. The van der Waals surface area contributed by atoms with Crippen molar-refractivity contribution in [1.82, 2.24) is 5.16 Å². The second-order valence-corrected chi connectivity index (χ2v) is 8.40. The lowest BCUT2D eigenvalue weighted by molar-refractivity contribution is 0.0999. The van der Waals surface area contributed by atoms with Gasteiger partial charge in [0.1, 0.15) is 11.5 Å². The number of rotatable bonds is 6. The van der Waals surface area contributed by atoms with Gasteiger partial charge < -0.3 is 21.7 Å². The first-order chi connectivity index (χ1) is 14.5. The van der Waals surface area contributed by atoms with E-state index >= 15 is 0 Å². The largest absolute Gasteiger partial charge is 0.390 e. The third-order valence-electron chi connectivity index (χ3n) is 5.65. The molecule has 1 aliphatic rings. The second kappa shape index (κ2) is 9.23. The standard InChI is InChI=1S/C21H21N3O3S.CH5N/c22-19(26)18-16-7-9-21(11-17(16)28-20(18)23,13-4-2-1-3-5-13)8-6-15-10-14(12-25)24-27-15;1-2/h1-5,10,12H,6-9,11,23H2,(H2,22,26);2H2,1H3. The van der Waals surface area contributed by atoms with Crippen LogP contribution in [0.4, 0.5) is 5.00 Å². The van der Waals surface area contributed by atoms with Crippen LogP contribution in [0.15, 0.2) is 40.9 Å². The van der Waals surface area contributed by atoms with Crippen LogP contribution < -0.4 is 17.2 Å². The number of fused-ring (bicyclic) bond motifs is 1. The third kappa shape index (κ3) is 4.15. The Morgan fingerprint density at radius 2 is 2.03 bits per heavy atom. The quantitative estimate of drug-likeness (QED) is 0.518.